The lowest BCUT2D eigenvalue weighted by atomic mass is 9.83. The Kier molecular flexibility index (Phi) is 9.41. The van der Waals surface area contributed by atoms with Gasteiger partial charge in [0.25, 0.3) is 0 Å². The molecule has 0 aliphatic heterocycles. The standard InChI is InChI=1S/C21H28BrNO4S/c22-19-13-11-17(12-14-19)15-16-28(26,27)23-20-9-6-5-8-18(20)7-3-1-2-4-10-21(24)25/h1,3,11-16,18,20,23H,2,4-10H2,(H,24,25). The predicted octanol–water partition coefficient (Wildman–Crippen LogP) is 5.10. The highest BCUT2D eigenvalue weighted by Gasteiger charge is 2.27. The van der Waals surface area contributed by atoms with E-state index in [0.29, 0.717) is 6.42 Å². The van der Waals surface area contributed by atoms with E-state index in [1.165, 1.54) is 5.41 Å². The van der Waals surface area contributed by atoms with E-state index < -0.39 is 16.0 Å². The third-order valence-corrected chi connectivity index (χ3v) is 6.56. The summed E-state index contributed by atoms with van der Waals surface area (Å²) in [5.74, 6) is -0.494. The number of unbranched alkanes of at least 4 members (excludes halogenated alkanes) is 1. The predicted molar refractivity (Wildman–Crippen MR) is 116 cm³/mol. The van der Waals surface area contributed by atoms with E-state index in [-0.39, 0.29) is 18.4 Å². The Labute approximate surface area is 176 Å². The number of carboxylic acids is 1. The molecule has 0 bridgehead atoms. The smallest absolute Gasteiger partial charge is 0.303 e. The molecule has 7 heteroatoms. The van der Waals surface area contributed by atoms with Crippen LogP contribution in [0.25, 0.3) is 6.08 Å². The van der Waals surface area contributed by atoms with Crippen molar-refractivity contribution in [3.63, 3.8) is 0 Å². The molecule has 0 radical (unpaired) electrons. The van der Waals surface area contributed by atoms with Gasteiger partial charge in [-0.05, 0) is 61.8 Å². The van der Waals surface area contributed by atoms with Crippen LogP contribution in [0.1, 0.15) is 56.9 Å². The lowest BCUT2D eigenvalue weighted by Gasteiger charge is -2.31. The first-order valence-corrected chi connectivity index (χ1v) is 12.0. The van der Waals surface area contributed by atoms with Crippen molar-refractivity contribution in [3.8, 4) is 0 Å². The Morgan fingerprint density at radius 2 is 1.89 bits per heavy atom. The lowest BCUT2D eigenvalue weighted by Crippen LogP contribution is -2.41. The quantitative estimate of drug-likeness (QED) is 0.368. The molecule has 28 heavy (non-hydrogen) atoms. The van der Waals surface area contributed by atoms with Crippen LogP contribution in [0.15, 0.2) is 46.3 Å². The van der Waals surface area contributed by atoms with Crippen LogP contribution >= 0.6 is 15.9 Å². The molecule has 2 unspecified atom stereocenters. The van der Waals surface area contributed by atoms with Crippen molar-refractivity contribution in [2.75, 3.05) is 0 Å². The molecule has 154 valence electrons. The zero-order valence-electron chi connectivity index (χ0n) is 15.9. The highest BCUT2D eigenvalue weighted by atomic mass is 79.9. The SMILES string of the molecule is O=C(O)CCCC=CCC1CCCCC1NS(=O)(=O)C=Cc1ccc(Br)cc1. The highest BCUT2D eigenvalue weighted by Crippen LogP contribution is 2.28. The molecule has 0 amide bonds. The van der Waals surface area contributed by atoms with Crippen LogP contribution in [0.3, 0.4) is 0 Å². The average molecular weight is 470 g/mol. The van der Waals surface area contributed by atoms with E-state index in [1.807, 2.05) is 30.3 Å². The molecule has 0 aromatic heterocycles. The third kappa shape index (κ3) is 8.71. The summed E-state index contributed by atoms with van der Waals surface area (Å²) in [6.07, 6.45) is 12.1. The van der Waals surface area contributed by atoms with Crippen LogP contribution in [-0.4, -0.2) is 25.5 Å². The summed E-state index contributed by atoms with van der Waals surface area (Å²) in [4.78, 5) is 10.5. The van der Waals surface area contributed by atoms with Crippen LogP contribution in [0.2, 0.25) is 0 Å². The van der Waals surface area contributed by atoms with Gasteiger partial charge in [0.2, 0.25) is 10.0 Å². The van der Waals surface area contributed by atoms with E-state index in [9.17, 15) is 13.2 Å². The van der Waals surface area contributed by atoms with E-state index >= 15 is 0 Å². The maximum absolute atomic E-state index is 12.5. The van der Waals surface area contributed by atoms with Crippen molar-refractivity contribution >= 4 is 38.0 Å². The second-order valence-electron chi connectivity index (χ2n) is 7.16. The minimum atomic E-state index is -3.50. The van der Waals surface area contributed by atoms with Crippen LogP contribution in [0.4, 0.5) is 0 Å². The summed E-state index contributed by atoms with van der Waals surface area (Å²) in [5.41, 5.74) is 0.832. The fraction of sp³-hybridized carbons (Fsp3) is 0.476. The number of allylic oxidation sites excluding steroid dienone is 2. The topological polar surface area (TPSA) is 83.5 Å². The molecule has 1 aliphatic carbocycles. The number of hydrogen-bond acceptors (Lipinski definition) is 3. The Balaban J connectivity index is 1.88. The van der Waals surface area contributed by atoms with E-state index in [0.717, 1.165) is 48.6 Å². The zero-order valence-corrected chi connectivity index (χ0v) is 18.3. The van der Waals surface area contributed by atoms with Gasteiger partial charge in [0.05, 0.1) is 0 Å². The largest absolute Gasteiger partial charge is 0.481 e. The Morgan fingerprint density at radius 1 is 1.18 bits per heavy atom. The fourth-order valence-corrected chi connectivity index (χ4v) is 4.81. The van der Waals surface area contributed by atoms with Crippen molar-refractivity contribution in [1.29, 1.82) is 0 Å². The third-order valence-electron chi connectivity index (χ3n) is 4.90. The van der Waals surface area contributed by atoms with Gasteiger partial charge in [-0.2, -0.15) is 0 Å². The number of carbonyl (C=O) groups is 1. The number of sulfonamides is 1. The summed E-state index contributed by atoms with van der Waals surface area (Å²) < 4.78 is 28.8. The highest BCUT2D eigenvalue weighted by molar-refractivity contribution is 9.10. The van der Waals surface area contributed by atoms with Gasteiger partial charge in [-0.15, -0.1) is 0 Å². The van der Waals surface area contributed by atoms with Gasteiger partial charge in [-0.1, -0.05) is 53.1 Å². The van der Waals surface area contributed by atoms with Crippen LogP contribution in [0.5, 0.6) is 0 Å². The molecule has 2 rings (SSSR count). The second-order valence-corrected chi connectivity index (χ2v) is 9.67. The lowest BCUT2D eigenvalue weighted by molar-refractivity contribution is -0.137. The zero-order chi connectivity index (χ0) is 20.4. The van der Waals surface area contributed by atoms with E-state index in [2.05, 4.69) is 26.7 Å². The Morgan fingerprint density at radius 3 is 2.61 bits per heavy atom. The number of rotatable bonds is 10. The van der Waals surface area contributed by atoms with Gasteiger partial charge in [-0.25, -0.2) is 13.1 Å². The molecule has 1 aromatic carbocycles. The van der Waals surface area contributed by atoms with Gasteiger partial charge in [0.1, 0.15) is 0 Å². The van der Waals surface area contributed by atoms with Crippen molar-refractivity contribution in [1.82, 2.24) is 4.72 Å². The van der Waals surface area contributed by atoms with Crippen LogP contribution < -0.4 is 4.72 Å². The molecule has 2 atom stereocenters. The summed E-state index contributed by atoms with van der Waals surface area (Å²) in [7, 11) is -3.50. The van der Waals surface area contributed by atoms with Gasteiger partial charge in [0, 0.05) is 22.3 Å². The molecule has 1 saturated carbocycles. The minimum Gasteiger partial charge on any atom is -0.481 e. The first kappa shape index (κ1) is 22.8. The van der Waals surface area contributed by atoms with Crippen LogP contribution in [-0.2, 0) is 14.8 Å². The molecule has 1 aliphatic rings. The number of hydrogen-bond donors (Lipinski definition) is 2. The first-order chi connectivity index (χ1) is 13.4. The summed E-state index contributed by atoms with van der Waals surface area (Å²) in [6, 6.07) is 7.40. The molecule has 0 spiro atoms. The molecule has 2 N–H and O–H groups in total. The van der Waals surface area contributed by atoms with Gasteiger partial charge in [-0.3, -0.25) is 4.79 Å². The number of carboxylic acid groups (broad SMARTS) is 1. The van der Waals surface area contributed by atoms with Gasteiger partial charge < -0.3 is 5.11 Å². The number of nitrogens with one attached hydrogen (secondary N) is 1. The minimum absolute atomic E-state index is 0.0583. The van der Waals surface area contributed by atoms with E-state index in [4.69, 9.17) is 5.11 Å². The normalized spacial score (nSPS) is 20.8. The second kappa shape index (κ2) is 11.5. The molecule has 1 aromatic rings. The summed E-state index contributed by atoms with van der Waals surface area (Å²) >= 11 is 3.36. The molecule has 0 saturated heterocycles. The number of benzene rings is 1. The molecule has 0 heterocycles. The van der Waals surface area contributed by atoms with E-state index in [1.54, 1.807) is 6.08 Å². The number of halogens is 1. The van der Waals surface area contributed by atoms with Gasteiger partial charge in [0.15, 0.2) is 0 Å². The van der Waals surface area contributed by atoms with Crippen molar-refractivity contribution in [3.05, 3.63) is 51.9 Å². The van der Waals surface area contributed by atoms with Gasteiger partial charge >= 0.3 is 5.97 Å². The molecular weight excluding hydrogens is 442 g/mol. The van der Waals surface area contributed by atoms with Crippen molar-refractivity contribution < 1.29 is 18.3 Å². The van der Waals surface area contributed by atoms with Crippen LogP contribution in [0, 0.1) is 5.92 Å². The Bertz CT molecular complexity index is 787. The van der Waals surface area contributed by atoms with Crippen molar-refractivity contribution in [2.45, 2.75) is 57.4 Å². The fourth-order valence-electron chi connectivity index (χ4n) is 3.40. The Hall–Kier alpha value is -1.44. The van der Waals surface area contributed by atoms with Crippen molar-refractivity contribution in [2.24, 2.45) is 5.92 Å². The maximum atomic E-state index is 12.5. The first-order valence-electron chi connectivity index (χ1n) is 9.68. The maximum Gasteiger partial charge on any atom is 0.303 e. The average Bonchev–Trinajstić information content (AvgIpc) is 2.65. The number of aliphatic carboxylic acids is 1. The summed E-state index contributed by atoms with van der Waals surface area (Å²) in [6.45, 7) is 0. The molecule has 1 fully saturated rings. The molecular formula is C21H28BrNO4S. The summed E-state index contributed by atoms with van der Waals surface area (Å²) in [5, 5.41) is 9.89. The monoisotopic (exact) mass is 469 g/mol. The molecule has 5 nitrogen and oxygen atoms in total.